The number of carbonyl (C=O) groups excluding carboxylic acids is 2. The van der Waals surface area contributed by atoms with Crippen molar-refractivity contribution in [1.82, 2.24) is 4.90 Å². The monoisotopic (exact) mass is 444 g/mol. The molecule has 3 aliphatic rings. The molecule has 1 N–H and O–H groups in total. The van der Waals surface area contributed by atoms with Gasteiger partial charge in [-0.3, -0.25) is 14.5 Å². The number of nitrogens with one attached hydrogen (secondary N) is 1. The molecule has 4 atom stereocenters. The van der Waals surface area contributed by atoms with Crippen molar-refractivity contribution in [3.05, 3.63) is 101 Å². The molecule has 0 bridgehead atoms. The van der Waals surface area contributed by atoms with Gasteiger partial charge in [0.05, 0.1) is 5.92 Å². The van der Waals surface area contributed by atoms with Gasteiger partial charge in [0.15, 0.2) is 5.78 Å². The number of fused-ring (bicyclic) bond motifs is 4. The summed E-state index contributed by atoms with van der Waals surface area (Å²) in [5, 5.41) is 2.97. The molecule has 2 fully saturated rings. The Bertz CT molecular complexity index is 1220. The van der Waals surface area contributed by atoms with E-state index >= 15 is 0 Å². The Hall–Kier alpha value is -2.96. The van der Waals surface area contributed by atoms with Gasteiger partial charge in [0.2, 0.25) is 5.91 Å². The number of thioether (sulfide) groups is 1. The minimum atomic E-state index is -1.24. The quantitative estimate of drug-likeness (QED) is 0.598. The zero-order valence-electron chi connectivity index (χ0n) is 17.2. The molecule has 0 saturated carbocycles. The Morgan fingerprint density at radius 3 is 2.50 bits per heavy atom. The summed E-state index contributed by atoms with van der Waals surface area (Å²) >= 11 is 1.76. The van der Waals surface area contributed by atoms with Crippen LogP contribution in [-0.2, 0) is 10.3 Å². The van der Waals surface area contributed by atoms with Crippen LogP contribution in [-0.4, -0.2) is 34.3 Å². The van der Waals surface area contributed by atoms with Gasteiger partial charge < -0.3 is 5.32 Å². The van der Waals surface area contributed by atoms with E-state index in [-0.39, 0.29) is 23.7 Å². The normalized spacial score (nSPS) is 28.5. The van der Waals surface area contributed by atoms with E-state index in [0.29, 0.717) is 22.7 Å². The fraction of sp³-hybridized carbons (Fsp3) is 0.231. The lowest BCUT2D eigenvalue weighted by atomic mass is 9.69. The molecular weight excluding hydrogens is 423 g/mol. The second-order valence-corrected chi connectivity index (χ2v) is 9.59. The summed E-state index contributed by atoms with van der Waals surface area (Å²) in [7, 11) is 0. The van der Waals surface area contributed by atoms with E-state index in [1.165, 1.54) is 12.1 Å². The van der Waals surface area contributed by atoms with E-state index in [1.54, 1.807) is 30.0 Å². The van der Waals surface area contributed by atoms with Crippen LogP contribution in [0, 0.1) is 11.7 Å². The lowest BCUT2D eigenvalue weighted by Gasteiger charge is -2.36. The summed E-state index contributed by atoms with van der Waals surface area (Å²) in [6, 6.07) is 23.5. The van der Waals surface area contributed by atoms with Crippen LogP contribution in [0.25, 0.3) is 0 Å². The molecule has 3 aromatic carbocycles. The maximum atomic E-state index is 14.5. The molecule has 2 saturated heterocycles. The molecule has 6 heteroatoms. The maximum absolute atomic E-state index is 14.5. The van der Waals surface area contributed by atoms with E-state index < -0.39 is 17.3 Å². The van der Waals surface area contributed by atoms with Crippen LogP contribution in [0.15, 0.2) is 78.9 Å². The number of ketones is 1. The smallest absolute Gasteiger partial charge is 0.250 e. The van der Waals surface area contributed by atoms with E-state index in [2.05, 4.69) is 10.2 Å². The van der Waals surface area contributed by atoms with Gasteiger partial charge in [-0.2, -0.15) is 0 Å². The first-order valence-electron chi connectivity index (χ1n) is 10.7. The van der Waals surface area contributed by atoms with Crippen molar-refractivity contribution in [3.63, 3.8) is 0 Å². The Morgan fingerprint density at radius 2 is 1.75 bits per heavy atom. The van der Waals surface area contributed by atoms with Crippen molar-refractivity contribution < 1.29 is 14.0 Å². The van der Waals surface area contributed by atoms with E-state index in [0.717, 1.165) is 11.3 Å². The number of Topliss-reactive ketones (excluding diaryl/α,β-unsaturated/α-hetero) is 1. The van der Waals surface area contributed by atoms with Gasteiger partial charge in [0, 0.05) is 40.4 Å². The van der Waals surface area contributed by atoms with Crippen molar-refractivity contribution in [2.75, 3.05) is 16.9 Å². The predicted octanol–water partition coefficient (Wildman–Crippen LogP) is 4.64. The topological polar surface area (TPSA) is 49.4 Å². The zero-order valence-corrected chi connectivity index (χ0v) is 18.0. The van der Waals surface area contributed by atoms with Crippen molar-refractivity contribution in [2.24, 2.45) is 5.92 Å². The van der Waals surface area contributed by atoms with Gasteiger partial charge in [-0.1, -0.05) is 60.7 Å². The first-order chi connectivity index (χ1) is 15.6. The summed E-state index contributed by atoms with van der Waals surface area (Å²) < 4.78 is 14.5. The van der Waals surface area contributed by atoms with Crippen molar-refractivity contribution in [3.8, 4) is 0 Å². The standard InChI is InChI=1S/C26H21FN2O2S/c27-18-11-12-20-19(13-18)26(25(31)28-20)23(24(30)17-9-5-2-6-10-17)22(16-7-3-1-4-8-16)21-14-32-15-29(21)26/h1-13,21-23H,14-15H2,(H,28,31)/t21-,22+,23-,26-/m1/s1. The fourth-order valence-electron chi connectivity index (χ4n) is 5.88. The Labute approximate surface area is 189 Å². The Balaban J connectivity index is 1.63. The molecule has 3 aliphatic heterocycles. The van der Waals surface area contributed by atoms with Crippen LogP contribution >= 0.6 is 11.8 Å². The summed E-state index contributed by atoms with van der Waals surface area (Å²) in [4.78, 5) is 30.1. The average Bonchev–Trinajstić information content (AvgIpc) is 3.48. The number of rotatable bonds is 3. The summed E-state index contributed by atoms with van der Waals surface area (Å²) in [5.41, 5.74) is 1.53. The molecule has 0 radical (unpaired) electrons. The van der Waals surface area contributed by atoms with Crippen LogP contribution in [0.4, 0.5) is 10.1 Å². The van der Waals surface area contributed by atoms with Crippen molar-refractivity contribution in [1.29, 1.82) is 0 Å². The molecule has 0 unspecified atom stereocenters. The number of carbonyl (C=O) groups is 2. The van der Waals surface area contributed by atoms with Gasteiger partial charge in [-0.15, -0.1) is 11.8 Å². The molecule has 1 spiro atoms. The molecule has 0 aromatic heterocycles. The first-order valence-corrected chi connectivity index (χ1v) is 11.9. The number of nitrogens with zero attached hydrogens (tertiary/aromatic N) is 1. The van der Waals surface area contributed by atoms with Crippen LogP contribution in [0.5, 0.6) is 0 Å². The molecule has 3 heterocycles. The molecule has 32 heavy (non-hydrogen) atoms. The molecule has 1 amide bonds. The third kappa shape index (κ3) is 2.60. The maximum Gasteiger partial charge on any atom is 0.250 e. The number of halogens is 1. The predicted molar refractivity (Wildman–Crippen MR) is 123 cm³/mol. The number of anilines is 1. The molecule has 4 nitrogen and oxygen atoms in total. The summed E-state index contributed by atoms with van der Waals surface area (Å²) in [5.74, 6) is -0.130. The van der Waals surface area contributed by atoms with Gasteiger partial charge >= 0.3 is 0 Å². The number of hydrogen-bond acceptors (Lipinski definition) is 4. The van der Waals surface area contributed by atoms with E-state index in [1.807, 2.05) is 48.5 Å². The van der Waals surface area contributed by atoms with Crippen molar-refractivity contribution in [2.45, 2.75) is 17.5 Å². The van der Waals surface area contributed by atoms with Gasteiger partial charge in [-0.05, 0) is 23.8 Å². The fourth-order valence-corrected chi connectivity index (χ4v) is 7.20. The number of benzene rings is 3. The highest BCUT2D eigenvalue weighted by atomic mass is 32.2. The Kier molecular flexibility index (Phi) is 4.49. The SMILES string of the molecule is O=C(c1ccccc1)[C@H]1[C@@H](c2ccccc2)[C@H]2CSCN2[C@@]12C(=O)Nc1ccc(F)cc12. The van der Waals surface area contributed by atoms with E-state index in [9.17, 15) is 14.0 Å². The lowest BCUT2D eigenvalue weighted by molar-refractivity contribution is -0.127. The number of amides is 1. The minimum Gasteiger partial charge on any atom is -0.324 e. The van der Waals surface area contributed by atoms with Crippen LogP contribution in [0.1, 0.15) is 27.4 Å². The summed E-state index contributed by atoms with van der Waals surface area (Å²) in [6.45, 7) is 0. The van der Waals surface area contributed by atoms with Gasteiger partial charge in [0.1, 0.15) is 11.4 Å². The third-order valence-corrected chi connectivity index (χ3v) is 8.15. The highest BCUT2D eigenvalue weighted by molar-refractivity contribution is 7.99. The second-order valence-electron chi connectivity index (χ2n) is 8.59. The minimum absolute atomic E-state index is 0.0000274. The summed E-state index contributed by atoms with van der Waals surface area (Å²) in [6.07, 6.45) is 0. The highest BCUT2D eigenvalue weighted by Gasteiger charge is 2.69. The van der Waals surface area contributed by atoms with E-state index in [4.69, 9.17) is 0 Å². The highest BCUT2D eigenvalue weighted by Crippen LogP contribution is 2.61. The molecule has 3 aromatic rings. The first kappa shape index (κ1) is 19.7. The third-order valence-electron chi connectivity index (χ3n) is 7.11. The molecule has 160 valence electrons. The molecule has 0 aliphatic carbocycles. The van der Waals surface area contributed by atoms with Crippen LogP contribution in [0.2, 0.25) is 0 Å². The van der Waals surface area contributed by atoms with Gasteiger partial charge in [0.25, 0.3) is 0 Å². The average molecular weight is 445 g/mol. The Morgan fingerprint density at radius 1 is 1.03 bits per heavy atom. The number of hydrogen-bond donors (Lipinski definition) is 1. The molecule has 6 rings (SSSR count). The van der Waals surface area contributed by atoms with Crippen LogP contribution < -0.4 is 5.32 Å². The second kappa shape index (κ2) is 7.29. The largest absolute Gasteiger partial charge is 0.324 e. The lowest BCUT2D eigenvalue weighted by Crippen LogP contribution is -2.52. The van der Waals surface area contributed by atoms with Crippen LogP contribution in [0.3, 0.4) is 0 Å². The zero-order chi connectivity index (χ0) is 21.9. The van der Waals surface area contributed by atoms with Crippen molar-refractivity contribution >= 4 is 29.1 Å². The van der Waals surface area contributed by atoms with Gasteiger partial charge in [-0.25, -0.2) is 4.39 Å². The molecular formula is C26H21FN2O2S.